The fourth-order valence-electron chi connectivity index (χ4n) is 1.52. The van der Waals surface area contributed by atoms with E-state index in [0.717, 1.165) is 0 Å². The topological polar surface area (TPSA) is 101 Å². The Morgan fingerprint density at radius 3 is 2.90 bits per heavy atom. The SMILES string of the molecule is COCC(O)CNC(=O)CCCNC(=O)c1ccco1. The molecule has 1 unspecified atom stereocenters. The van der Waals surface area contributed by atoms with Gasteiger partial charge in [0.1, 0.15) is 0 Å². The average molecular weight is 284 g/mol. The van der Waals surface area contributed by atoms with Crippen LogP contribution in [0.25, 0.3) is 0 Å². The number of methoxy groups -OCH3 is 1. The van der Waals surface area contributed by atoms with Crippen molar-refractivity contribution in [3.63, 3.8) is 0 Å². The Labute approximate surface area is 117 Å². The molecule has 112 valence electrons. The quantitative estimate of drug-likeness (QED) is 0.550. The molecule has 20 heavy (non-hydrogen) atoms. The van der Waals surface area contributed by atoms with Crippen LogP contribution in [-0.2, 0) is 9.53 Å². The van der Waals surface area contributed by atoms with Gasteiger partial charge in [-0.2, -0.15) is 0 Å². The van der Waals surface area contributed by atoms with Gasteiger partial charge < -0.3 is 24.9 Å². The normalized spacial score (nSPS) is 11.9. The molecule has 7 nitrogen and oxygen atoms in total. The first-order chi connectivity index (χ1) is 9.63. The molecule has 0 aliphatic heterocycles. The zero-order valence-electron chi connectivity index (χ0n) is 11.4. The van der Waals surface area contributed by atoms with Gasteiger partial charge in [-0.15, -0.1) is 0 Å². The average Bonchev–Trinajstić information content (AvgIpc) is 2.95. The molecule has 0 spiro atoms. The van der Waals surface area contributed by atoms with Crippen molar-refractivity contribution in [1.29, 1.82) is 0 Å². The van der Waals surface area contributed by atoms with Crippen LogP contribution >= 0.6 is 0 Å². The van der Waals surface area contributed by atoms with Crippen molar-refractivity contribution in [1.82, 2.24) is 10.6 Å². The summed E-state index contributed by atoms with van der Waals surface area (Å²) in [6.07, 6.45) is 1.51. The maximum absolute atomic E-state index is 11.5. The number of carbonyl (C=O) groups is 2. The second-order valence-corrected chi connectivity index (χ2v) is 4.25. The summed E-state index contributed by atoms with van der Waals surface area (Å²) in [5, 5.41) is 14.6. The lowest BCUT2D eigenvalue weighted by atomic mass is 10.2. The van der Waals surface area contributed by atoms with Crippen LogP contribution in [0.15, 0.2) is 22.8 Å². The Kier molecular flexibility index (Phi) is 7.38. The third-order valence-electron chi connectivity index (χ3n) is 2.51. The molecule has 3 N–H and O–H groups in total. The molecule has 0 saturated carbocycles. The molecule has 1 atom stereocenters. The first kappa shape index (κ1) is 16.2. The van der Waals surface area contributed by atoms with E-state index in [4.69, 9.17) is 9.15 Å². The van der Waals surface area contributed by atoms with Crippen LogP contribution in [0, 0.1) is 0 Å². The zero-order chi connectivity index (χ0) is 14.8. The van der Waals surface area contributed by atoms with Crippen molar-refractivity contribution in [2.75, 3.05) is 26.8 Å². The Morgan fingerprint density at radius 2 is 2.25 bits per heavy atom. The van der Waals surface area contributed by atoms with Crippen LogP contribution in [0.2, 0.25) is 0 Å². The maximum Gasteiger partial charge on any atom is 0.286 e. The van der Waals surface area contributed by atoms with Crippen molar-refractivity contribution in [2.45, 2.75) is 18.9 Å². The van der Waals surface area contributed by atoms with E-state index in [0.29, 0.717) is 13.0 Å². The zero-order valence-corrected chi connectivity index (χ0v) is 11.4. The molecule has 2 amide bonds. The van der Waals surface area contributed by atoms with Crippen molar-refractivity contribution in [2.24, 2.45) is 0 Å². The van der Waals surface area contributed by atoms with Gasteiger partial charge in [-0.05, 0) is 18.6 Å². The molecule has 0 aliphatic rings. The summed E-state index contributed by atoms with van der Waals surface area (Å²) in [6.45, 7) is 0.721. The molecule has 1 heterocycles. The number of rotatable bonds is 9. The number of hydrogen-bond donors (Lipinski definition) is 3. The third kappa shape index (κ3) is 6.35. The summed E-state index contributed by atoms with van der Waals surface area (Å²) in [7, 11) is 1.48. The molecule has 1 aromatic rings. The largest absolute Gasteiger partial charge is 0.459 e. The van der Waals surface area contributed by atoms with Gasteiger partial charge in [-0.25, -0.2) is 0 Å². The van der Waals surface area contributed by atoms with Crippen LogP contribution in [0.3, 0.4) is 0 Å². The molecule has 1 rings (SSSR count). The number of carbonyl (C=O) groups excluding carboxylic acids is 2. The van der Waals surface area contributed by atoms with Crippen molar-refractivity contribution >= 4 is 11.8 Å². The van der Waals surface area contributed by atoms with Crippen LogP contribution in [-0.4, -0.2) is 49.8 Å². The highest BCUT2D eigenvalue weighted by Gasteiger charge is 2.09. The number of nitrogens with one attached hydrogen (secondary N) is 2. The highest BCUT2D eigenvalue weighted by atomic mass is 16.5. The fourth-order valence-corrected chi connectivity index (χ4v) is 1.52. The van der Waals surface area contributed by atoms with Gasteiger partial charge in [0.2, 0.25) is 5.91 Å². The van der Waals surface area contributed by atoms with Gasteiger partial charge in [0.25, 0.3) is 5.91 Å². The van der Waals surface area contributed by atoms with E-state index in [1.165, 1.54) is 13.4 Å². The highest BCUT2D eigenvalue weighted by molar-refractivity contribution is 5.91. The van der Waals surface area contributed by atoms with E-state index in [9.17, 15) is 14.7 Å². The predicted octanol–water partition coefficient (Wildman–Crippen LogP) is -0.0869. The van der Waals surface area contributed by atoms with E-state index < -0.39 is 6.10 Å². The lowest BCUT2D eigenvalue weighted by Gasteiger charge is -2.10. The number of aliphatic hydroxyl groups is 1. The second kappa shape index (κ2) is 9.11. The summed E-state index contributed by atoms with van der Waals surface area (Å²) >= 11 is 0. The Balaban J connectivity index is 2.06. The third-order valence-corrected chi connectivity index (χ3v) is 2.51. The van der Waals surface area contributed by atoms with Crippen molar-refractivity contribution in [3.8, 4) is 0 Å². The number of amides is 2. The number of furan rings is 1. The van der Waals surface area contributed by atoms with Gasteiger partial charge in [0, 0.05) is 26.6 Å². The summed E-state index contributed by atoms with van der Waals surface area (Å²) in [5.41, 5.74) is 0. The van der Waals surface area contributed by atoms with E-state index in [1.54, 1.807) is 12.1 Å². The highest BCUT2D eigenvalue weighted by Crippen LogP contribution is 1.99. The van der Waals surface area contributed by atoms with E-state index in [1.807, 2.05) is 0 Å². The molecule has 0 saturated heterocycles. The van der Waals surface area contributed by atoms with Gasteiger partial charge in [-0.3, -0.25) is 9.59 Å². The Bertz CT molecular complexity index is 405. The molecular formula is C13H20N2O5. The van der Waals surface area contributed by atoms with E-state index in [-0.39, 0.29) is 37.1 Å². The molecular weight excluding hydrogens is 264 g/mol. The minimum Gasteiger partial charge on any atom is -0.459 e. The molecule has 0 fully saturated rings. The predicted molar refractivity (Wildman–Crippen MR) is 71.2 cm³/mol. The molecule has 1 aromatic heterocycles. The Morgan fingerprint density at radius 1 is 1.45 bits per heavy atom. The lowest BCUT2D eigenvalue weighted by Crippen LogP contribution is -2.34. The van der Waals surface area contributed by atoms with Gasteiger partial charge in [-0.1, -0.05) is 0 Å². The first-order valence-corrected chi connectivity index (χ1v) is 6.39. The molecule has 0 radical (unpaired) electrons. The van der Waals surface area contributed by atoms with Crippen LogP contribution in [0.1, 0.15) is 23.4 Å². The summed E-state index contributed by atoms with van der Waals surface area (Å²) in [5.74, 6) is -0.226. The smallest absolute Gasteiger partial charge is 0.286 e. The second-order valence-electron chi connectivity index (χ2n) is 4.25. The van der Waals surface area contributed by atoms with Crippen LogP contribution in [0.5, 0.6) is 0 Å². The molecule has 0 aliphatic carbocycles. The van der Waals surface area contributed by atoms with Crippen LogP contribution < -0.4 is 10.6 Å². The molecule has 0 aromatic carbocycles. The minimum absolute atomic E-state index is 0.158. The number of hydrogen-bond acceptors (Lipinski definition) is 5. The van der Waals surface area contributed by atoms with Crippen LogP contribution in [0.4, 0.5) is 0 Å². The fraction of sp³-hybridized carbons (Fsp3) is 0.538. The lowest BCUT2D eigenvalue weighted by molar-refractivity contribution is -0.121. The van der Waals surface area contributed by atoms with Crippen molar-refractivity contribution in [3.05, 3.63) is 24.2 Å². The van der Waals surface area contributed by atoms with Gasteiger partial charge in [0.15, 0.2) is 5.76 Å². The van der Waals surface area contributed by atoms with Gasteiger partial charge >= 0.3 is 0 Å². The first-order valence-electron chi connectivity index (χ1n) is 6.39. The molecule has 7 heteroatoms. The van der Waals surface area contributed by atoms with E-state index >= 15 is 0 Å². The van der Waals surface area contributed by atoms with E-state index in [2.05, 4.69) is 10.6 Å². The van der Waals surface area contributed by atoms with Crippen molar-refractivity contribution < 1.29 is 23.8 Å². The Hall–Kier alpha value is -1.86. The number of ether oxygens (including phenoxy) is 1. The standard InChI is InChI=1S/C13H20N2O5/c1-19-9-10(16)8-15-12(17)5-2-6-14-13(18)11-4-3-7-20-11/h3-4,7,10,16H,2,5-6,8-9H2,1H3,(H,14,18)(H,15,17). The number of aliphatic hydroxyl groups excluding tert-OH is 1. The van der Waals surface area contributed by atoms with Gasteiger partial charge in [0.05, 0.1) is 19.0 Å². The maximum atomic E-state index is 11.5. The minimum atomic E-state index is -0.706. The summed E-state index contributed by atoms with van der Waals surface area (Å²) in [4.78, 5) is 22.9. The summed E-state index contributed by atoms with van der Waals surface area (Å²) in [6, 6.07) is 3.20. The monoisotopic (exact) mass is 284 g/mol. The molecule has 0 bridgehead atoms. The summed E-state index contributed by atoms with van der Waals surface area (Å²) < 4.78 is 9.67.